The third kappa shape index (κ3) is 2.96. The van der Waals surface area contributed by atoms with Gasteiger partial charge in [0.25, 0.3) is 5.91 Å². The lowest BCUT2D eigenvalue weighted by Crippen LogP contribution is -2.47. The van der Waals surface area contributed by atoms with Crippen molar-refractivity contribution in [3.05, 3.63) is 29.8 Å². The number of anilines is 1. The van der Waals surface area contributed by atoms with E-state index < -0.39 is 0 Å². The van der Waals surface area contributed by atoms with Gasteiger partial charge in [0.15, 0.2) is 0 Å². The first-order chi connectivity index (χ1) is 8.09. The van der Waals surface area contributed by atoms with Crippen molar-refractivity contribution in [1.82, 2.24) is 4.90 Å². The number of likely N-dealkylation sites (tertiary alicyclic amines) is 1. The summed E-state index contributed by atoms with van der Waals surface area (Å²) in [4.78, 5) is 14.4. The molecule has 1 heterocycles. The molecule has 100 valence electrons. The van der Waals surface area contributed by atoms with Crippen molar-refractivity contribution in [2.24, 2.45) is 0 Å². The lowest BCUT2D eigenvalue weighted by molar-refractivity contribution is 0.0511. The highest BCUT2D eigenvalue weighted by Gasteiger charge is 2.29. The molecule has 1 aliphatic rings. The van der Waals surface area contributed by atoms with Crippen LogP contribution in [0.3, 0.4) is 0 Å². The molecule has 1 saturated heterocycles. The summed E-state index contributed by atoms with van der Waals surface area (Å²) in [7, 11) is 0. The second-order valence-electron chi connectivity index (χ2n) is 4.96. The number of amides is 1. The van der Waals surface area contributed by atoms with E-state index in [1.165, 1.54) is 6.42 Å². The molecule has 2 unspecified atom stereocenters. The van der Waals surface area contributed by atoms with Crippen molar-refractivity contribution < 1.29 is 4.79 Å². The van der Waals surface area contributed by atoms with Gasteiger partial charge in [-0.1, -0.05) is 0 Å². The highest BCUT2D eigenvalue weighted by Crippen LogP contribution is 2.24. The van der Waals surface area contributed by atoms with Crippen LogP contribution in [0.2, 0.25) is 0 Å². The second kappa shape index (κ2) is 6.10. The number of carbonyl (C=O) groups is 1. The average Bonchev–Trinajstić information content (AvgIpc) is 2.29. The Hall–Kier alpha value is -1.22. The summed E-state index contributed by atoms with van der Waals surface area (Å²) in [5.74, 6) is 0.129. The number of nitrogen functional groups attached to an aromatic ring is 1. The maximum Gasteiger partial charge on any atom is 0.254 e. The van der Waals surface area contributed by atoms with Gasteiger partial charge in [0.1, 0.15) is 0 Å². The number of piperidine rings is 1. The zero-order chi connectivity index (χ0) is 12.4. The van der Waals surface area contributed by atoms with Crippen LogP contribution in [0.25, 0.3) is 0 Å². The van der Waals surface area contributed by atoms with Crippen LogP contribution in [0.1, 0.15) is 43.5 Å². The summed E-state index contributed by atoms with van der Waals surface area (Å²) in [6.45, 7) is 4.26. The van der Waals surface area contributed by atoms with Crippen molar-refractivity contribution in [2.75, 3.05) is 5.73 Å². The number of rotatable bonds is 1. The highest BCUT2D eigenvalue weighted by molar-refractivity contribution is 5.95. The molecule has 2 N–H and O–H groups in total. The minimum absolute atomic E-state index is 0. The Morgan fingerprint density at radius 1 is 1.17 bits per heavy atom. The van der Waals surface area contributed by atoms with Gasteiger partial charge in [-0.15, -0.1) is 12.4 Å². The molecule has 0 bridgehead atoms. The zero-order valence-corrected chi connectivity index (χ0v) is 11.7. The normalized spacial score (nSPS) is 23.3. The van der Waals surface area contributed by atoms with Crippen LogP contribution < -0.4 is 5.73 Å². The summed E-state index contributed by atoms with van der Waals surface area (Å²) in [6.07, 6.45) is 3.42. The Labute approximate surface area is 115 Å². The third-order valence-corrected chi connectivity index (χ3v) is 3.59. The van der Waals surface area contributed by atoms with E-state index in [0.29, 0.717) is 17.8 Å². The van der Waals surface area contributed by atoms with Crippen molar-refractivity contribution in [3.63, 3.8) is 0 Å². The molecule has 4 heteroatoms. The lowest BCUT2D eigenvalue weighted by Gasteiger charge is -2.39. The maximum atomic E-state index is 12.4. The first-order valence-corrected chi connectivity index (χ1v) is 6.28. The molecule has 1 aliphatic heterocycles. The predicted molar refractivity (Wildman–Crippen MR) is 77.0 cm³/mol. The number of carbonyl (C=O) groups excluding carboxylic acids is 1. The average molecular weight is 269 g/mol. The zero-order valence-electron chi connectivity index (χ0n) is 10.9. The first kappa shape index (κ1) is 14.8. The number of nitrogens with two attached hydrogens (primary N) is 1. The van der Waals surface area contributed by atoms with Crippen molar-refractivity contribution in [3.8, 4) is 0 Å². The summed E-state index contributed by atoms with van der Waals surface area (Å²) < 4.78 is 0. The van der Waals surface area contributed by atoms with Crippen LogP contribution in [0.15, 0.2) is 24.3 Å². The fourth-order valence-electron chi connectivity index (χ4n) is 2.60. The van der Waals surface area contributed by atoms with Gasteiger partial charge in [0, 0.05) is 23.3 Å². The number of nitrogens with zero attached hydrogens (tertiary/aromatic N) is 1. The van der Waals surface area contributed by atoms with Crippen molar-refractivity contribution in [2.45, 2.75) is 45.2 Å². The van der Waals surface area contributed by atoms with Gasteiger partial charge >= 0.3 is 0 Å². The van der Waals surface area contributed by atoms with Gasteiger partial charge in [-0.25, -0.2) is 0 Å². The number of halogens is 1. The summed E-state index contributed by atoms with van der Waals surface area (Å²) >= 11 is 0. The summed E-state index contributed by atoms with van der Waals surface area (Å²) in [5.41, 5.74) is 7.07. The minimum atomic E-state index is 0. The number of hydrogen-bond acceptors (Lipinski definition) is 2. The molecule has 18 heavy (non-hydrogen) atoms. The minimum Gasteiger partial charge on any atom is -0.399 e. The molecule has 2 atom stereocenters. The molecule has 0 aliphatic carbocycles. The molecule has 1 fully saturated rings. The molecular weight excluding hydrogens is 248 g/mol. The van der Waals surface area contributed by atoms with Gasteiger partial charge in [0.05, 0.1) is 0 Å². The first-order valence-electron chi connectivity index (χ1n) is 6.28. The van der Waals surface area contributed by atoms with E-state index in [9.17, 15) is 4.79 Å². The van der Waals surface area contributed by atoms with E-state index in [0.717, 1.165) is 18.4 Å². The number of hydrogen-bond donors (Lipinski definition) is 1. The molecule has 1 amide bonds. The fourth-order valence-corrected chi connectivity index (χ4v) is 2.60. The van der Waals surface area contributed by atoms with Gasteiger partial charge in [0.2, 0.25) is 0 Å². The van der Waals surface area contributed by atoms with E-state index in [1.54, 1.807) is 12.1 Å². The Morgan fingerprint density at radius 2 is 1.67 bits per heavy atom. The second-order valence-corrected chi connectivity index (χ2v) is 4.96. The molecule has 3 nitrogen and oxygen atoms in total. The fraction of sp³-hybridized carbons (Fsp3) is 0.500. The molecule has 0 aromatic heterocycles. The standard InChI is InChI=1S/C14H20N2O.ClH/c1-10-4-3-5-11(2)16(10)14(17)12-6-8-13(15)9-7-12;/h6-11H,3-5,15H2,1-2H3;1H. The predicted octanol–water partition coefficient (Wildman–Crippen LogP) is 3.09. The lowest BCUT2D eigenvalue weighted by atomic mass is 9.96. The van der Waals surface area contributed by atoms with Crippen LogP contribution in [0.5, 0.6) is 0 Å². The smallest absolute Gasteiger partial charge is 0.254 e. The molecule has 1 aromatic rings. The van der Waals surface area contributed by atoms with E-state index in [4.69, 9.17) is 5.73 Å². The molecule has 0 spiro atoms. The van der Waals surface area contributed by atoms with E-state index >= 15 is 0 Å². The van der Waals surface area contributed by atoms with Crippen molar-refractivity contribution in [1.29, 1.82) is 0 Å². The van der Waals surface area contributed by atoms with Crippen molar-refractivity contribution >= 4 is 24.0 Å². The summed E-state index contributed by atoms with van der Waals surface area (Å²) in [5, 5.41) is 0. The molecule has 1 aromatic carbocycles. The third-order valence-electron chi connectivity index (χ3n) is 3.59. The van der Waals surface area contributed by atoms with E-state index in [1.807, 2.05) is 17.0 Å². The highest BCUT2D eigenvalue weighted by atomic mass is 35.5. The molecule has 0 radical (unpaired) electrons. The van der Waals surface area contributed by atoms with Crippen LogP contribution in [-0.4, -0.2) is 22.9 Å². The quantitative estimate of drug-likeness (QED) is 0.796. The molecule has 2 rings (SSSR count). The van der Waals surface area contributed by atoms with Crippen LogP contribution in [0.4, 0.5) is 5.69 Å². The van der Waals surface area contributed by atoms with Gasteiger partial charge in [-0.05, 0) is 57.4 Å². The van der Waals surface area contributed by atoms with Crippen LogP contribution in [-0.2, 0) is 0 Å². The molecular formula is C14H21ClN2O. The SMILES string of the molecule is CC1CCCC(C)N1C(=O)c1ccc(N)cc1.Cl. The number of benzene rings is 1. The largest absolute Gasteiger partial charge is 0.399 e. The van der Waals surface area contributed by atoms with Gasteiger partial charge in [-0.3, -0.25) is 4.79 Å². The molecule has 0 saturated carbocycles. The van der Waals surface area contributed by atoms with E-state index in [2.05, 4.69) is 13.8 Å². The van der Waals surface area contributed by atoms with Crippen LogP contribution in [0, 0.1) is 0 Å². The Bertz CT molecular complexity index is 395. The topological polar surface area (TPSA) is 46.3 Å². The Kier molecular flexibility index (Phi) is 5.03. The van der Waals surface area contributed by atoms with Gasteiger partial charge < -0.3 is 10.6 Å². The Balaban J connectivity index is 0.00000162. The summed E-state index contributed by atoms with van der Waals surface area (Å²) in [6, 6.07) is 7.86. The van der Waals surface area contributed by atoms with E-state index in [-0.39, 0.29) is 18.3 Å². The monoisotopic (exact) mass is 268 g/mol. The Morgan fingerprint density at radius 3 is 2.17 bits per heavy atom. The van der Waals surface area contributed by atoms with Crippen LogP contribution >= 0.6 is 12.4 Å². The van der Waals surface area contributed by atoms with Gasteiger partial charge in [-0.2, -0.15) is 0 Å². The maximum absolute atomic E-state index is 12.4.